The zero-order valence-corrected chi connectivity index (χ0v) is 10.1. The molecule has 17 heavy (non-hydrogen) atoms. The molecule has 0 aliphatic heterocycles. The average Bonchev–Trinajstić information content (AvgIpc) is 2.31. The van der Waals surface area contributed by atoms with Crippen molar-refractivity contribution in [2.75, 3.05) is 19.6 Å². The van der Waals surface area contributed by atoms with Crippen molar-refractivity contribution in [1.82, 2.24) is 15.2 Å². The molecule has 0 spiro atoms. The predicted molar refractivity (Wildman–Crippen MR) is 66.9 cm³/mol. The van der Waals surface area contributed by atoms with E-state index in [-0.39, 0.29) is 11.5 Å². The molecule has 1 aromatic rings. The zero-order chi connectivity index (χ0) is 12.5. The number of hydrogen-bond donors (Lipinski definition) is 2. The highest BCUT2D eigenvalue weighted by Crippen LogP contribution is 1.82. The van der Waals surface area contributed by atoms with Gasteiger partial charge in [0.25, 0.3) is 5.56 Å². The Balaban J connectivity index is 2.15. The van der Waals surface area contributed by atoms with Crippen molar-refractivity contribution >= 4 is 5.91 Å². The van der Waals surface area contributed by atoms with Gasteiger partial charge in [-0.3, -0.25) is 9.59 Å². The molecular weight excluding hydrogens is 218 g/mol. The highest BCUT2D eigenvalue weighted by atomic mass is 16.1. The molecule has 0 aliphatic carbocycles. The molecule has 0 fully saturated rings. The standard InChI is InChI=1S/C12H19N3O2/c1-2-14-11(16)6-7-13-8-10-15-9-4-3-5-12(15)17/h3-5,9,13H,2,6-8,10H2,1H3,(H,14,16). The molecule has 1 aromatic heterocycles. The first-order valence-corrected chi connectivity index (χ1v) is 5.87. The number of amides is 1. The third-order valence-corrected chi connectivity index (χ3v) is 2.33. The molecule has 2 N–H and O–H groups in total. The minimum Gasteiger partial charge on any atom is -0.356 e. The van der Waals surface area contributed by atoms with Crippen LogP contribution in [0.4, 0.5) is 0 Å². The molecule has 0 unspecified atom stereocenters. The van der Waals surface area contributed by atoms with Gasteiger partial charge in [0.1, 0.15) is 0 Å². The van der Waals surface area contributed by atoms with Crippen molar-refractivity contribution in [2.45, 2.75) is 19.9 Å². The second-order valence-corrected chi connectivity index (χ2v) is 3.69. The lowest BCUT2D eigenvalue weighted by Crippen LogP contribution is -2.30. The number of hydrogen-bond acceptors (Lipinski definition) is 3. The molecule has 0 saturated heterocycles. The van der Waals surface area contributed by atoms with E-state index in [1.54, 1.807) is 16.8 Å². The summed E-state index contributed by atoms with van der Waals surface area (Å²) in [5, 5.41) is 5.86. The van der Waals surface area contributed by atoms with E-state index in [1.165, 1.54) is 6.07 Å². The van der Waals surface area contributed by atoms with Gasteiger partial charge in [0.05, 0.1) is 0 Å². The van der Waals surface area contributed by atoms with Crippen LogP contribution in [-0.2, 0) is 11.3 Å². The second-order valence-electron chi connectivity index (χ2n) is 3.69. The van der Waals surface area contributed by atoms with Gasteiger partial charge in [0.2, 0.25) is 5.91 Å². The van der Waals surface area contributed by atoms with Crippen molar-refractivity contribution < 1.29 is 4.79 Å². The van der Waals surface area contributed by atoms with Gasteiger partial charge >= 0.3 is 0 Å². The number of nitrogens with one attached hydrogen (secondary N) is 2. The fourth-order valence-corrected chi connectivity index (χ4v) is 1.46. The Hall–Kier alpha value is -1.62. The van der Waals surface area contributed by atoms with E-state index in [0.29, 0.717) is 32.6 Å². The number of carbonyl (C=O) groups excluding carboxylic acids is 1. The van der Waals surface area contributed by atoms with Gasteiger partial charge in [-0.15, -0.1) is 0 Å². The van der Waals surface area contributed by atoms with Crippen LogP contribution in [0, 0.1) is 0 Å². The molecule has 5 nitrogen and oxygen atoms in total. The lowest BCUT2D eigenvalue weighted by atomic mass is 10.4. The molecular formula is C12H19N3O2. The Kier molecular flexibility index (Phi) is 6.03. The maximum Gasteiger partial charge on any atom is 0.250 e. The van der Waals surface area contributed by atoms with E-state index in [2.05, 4.69) is 10.6 Å². The molecule has 1 amide bonds. The maximum absolute atomic E-state index is 11.3. The van der Waals surface area contributed by atoms with Crippen LogP contribution in [0.1, 0.15) is 13.3 Å². The van der Waals surface area contributed by atoms with Gasteiger partial charge in [-0.1, -0.05) is 6.07 Å². The van der Waals surface area contributed by atoms with Gasteiger partial charge in [-0.2, -0.15) is 0 Å². The van der Waals surface area contributed by atoms with E-state index >= 15 is 0 Å². The maximum atomic E-state index is 11.3. The lowest BCUT2D eigenvalue weighted by Gasteiger charge is -2.06. The van der Waals surface area contributed by atoms with Crippen LogP contribution in [0.15, 0.2) is 29.2 Å². The first kappa shape index (κ1) is 13.4. The monoisotopic (exact) mass is 237 g/mol. The van der Waals surface area contributed by atoms with Gasteiger partial charge < -0.3 is 15.2 Å². The summed E-state index contributed by atoms with van der Waals surface area (Å²) in [6.07, 6.45) is 2.23. The van der Waals surface area contributed by atoms with Crippen LogP contribution in [0.5, 0.6) is 0 Å². The van der Waals surface area contributed by atoms with E-state index < -0.39 is 0 Å². The van der Waals surface area contributed by atoms with Gasteiger partial charge in [0.15, 0.2) is 0 Å². The Morgan fingerprint density at radius 2 is 2.18 bits per heavy atom. The first-order valence-electron chi connectivity index (χ1n) is 5.87. The molecule has 0 atom stereocenters. The average molecular weight is 237 g/mol. The number of rotatable bonds is 7. The topological polar surface area (TPSA) is 63.1 Å². The van der Waals surface area contributed by atoms with Gasteiger partial charge in [0, 0.05) is 44.9 Å². The Bertz CT molecular complexity index is 401. The molecule has 1 rings (SSSR count). The Morgan fingerprint density at radius 1 is 1.35 bits per heavy atom. The zero-order valence-electron chi connectivity index (χ0n) is 10.1. The SMILES string of the molecule is CCNC(=O)CCNCCn1ccccc1=O. The van der Waals surface area contributed by atoms with Crippen LogP contribution in [0.2, 0.25) is 0 Å². The van der Waals surface area contributed by atoms with E-state index in [4.69, 9.17) is 0 Å². The third kappa shape index (κ3) is 5.31. The molecule has 0 bridgehead atoms. The number of carbonyl (C=O) groups is 1. The molecule has 0 saturated carbocycles. The minimum absolute atomic E-state index is 0.00183. The van der Waals surface area contributed by atoms with E-state index in [9.17, 15) is 9.59 Å². The molecule has 94 valence electrons. The number of aromatic nitrogens is 1. The smallest absolute Gasteiger partial charge is 0.250 e. The third-order valence-electron chi connectivity index (χ3n) is 2.33. The van der Waals surface area contributed by atoms with Gasteiger partial charge in [-0.25, -0.2) is 0 Å². The summed E-state index contributed by atoms with van der Waals surface area (Å²) in [6, 6.07) is 5.09. The van der Waals surface area contributed by atoms with E-state index in [0.717, 1.165) is 0 Å². The molecule has 0 radical (unpaired) electrons. The summed E-state index contributed by atoms with van der Waals surface area (Å²) in [6.45, 7) is 4.50. The van der Waals surface area contributed by atoms with Crippen molar-refractivity contribution in [3.05, 3.63) is 34.7 Å². The summed E-state index contributed by atoms with van der Waals surface area (Å²) < 4.78 is 1.64. The highest BCUT2D eigenvalue weighted by Gasteiger charge is 1.98. The van der Waals surface area contributed by atoms with Crippen LogP contribution in [0.25, 0.3) is 0 Å². The Morgan fingerprint density at radius 3 is 2.88 bits per heavy atom. The molecule has 5 heteroatoms. The normalized spacial score (nSPS) is 10.2. The molecule has 0 aromatic carbocycles. The van der Waals surface area contributed by atoms with Crippen LogP contribution in [-0.4, -0.2) is 30.1 Å². The van der Waals surface area contributed by atoms with Crippen molar-refractivity contribution in [2.24, 2.45) is 0 Å². The fraction of sp³-hybridized carbons (Fsp3) is 0.500. The minimum atomic E-state index is -0.00183. The fourth-order valence-electron chi connectivity index (χ4n) is 1.46. The second kappa shape index (κ2) is 7.62. The summed E-state index contributed by atoms with van der Waals surface area (Å²) in [5.41, 5.74) is -0.00183. The van der Waals surface area contributed by atoms with Gasteiger partial charge in [-0.05, 0) is 13.0 Å². The van der Waals surface area contributed by atoms with Crippen LogP contribution >= 0.6 is 0 Å². The van der Waals surface area contributed by atoms with E-state index in [1.807, 2.05) is 13.0 Å². The Labute approximate surface area is 101 Å². The molecule has 0 aliphatic rings. The quantitative estimate of drug-likeness (QED) is 0.654. The summed E-state index contributed by atoms with van der Waals surface area (Å²) in [5.74, 6) is 0.0527. The van der Waals surface area contributed by atoms with Crippen LogP contribution < -0.4 is 16.2 Å². The molecule has 1 heterocycles. The predicted octanol–water partition coefficient (Wildman–Crippen LogP) is -0.0359. The summed E-state index contributed by atoms with van der Waals surface area (Å²) >= 11 is 0. The number of pyridine rings is 1. The van der Waals surface area contributed by atoms with Crippen molar-refractivity contribution in [3.8, 4) is 0 Å². The summed E-state index contributed by atoms with van der Waals surface area (Å²) in [4.78, 5) is 22.5. The van der Waals surface area contributed by atoms with Crippen molar-refractivity contribution in [3.63, 3.8) is 0 Å². The largest absolute Gasteiger partial charge is 0.356 e. The first-order chi connectivity index (χ1) is 8.24. The summed E-state index contributed by atoms with van der Waals surface area (Å²) in [7, 11) is 0. The highest BCUT2D eigenvalue weighted by molar-refractivity contribution is 5.75. The van der Waals surface area contributed by atoms with Crippen LogP contribution in [0.3, 0.4) is 0 Å². The lowest BCUT2D eigenvalue weighted by molar-refractivity contribution is -0.120. The van der Waals surface area contributed by atoms with Crippen molar-refractivity contribution in [1.29, 1.82) is 0 Å². The number of nitrogens with zero attached hydrogens (tertiary/aromatic N) is 1.